The van der Waals surface area contributed by atoms with Crippen molar-refractivity contribution in [1.82, 2.24) is 19.3 Å². The average molecular weight is 721 g/mol. The Morgan fingerprint density at radius 2 is 1.46 bits per heavy atom. The van der Waals surface area contributed by atoms with Crippen LogP contribution in [0, 0.1) is 36.5 Å². The highest BCUT2D eigenvalue weighted by Gasteiger charge is 2.44. The quantitative estimate of drug-likeness (QED) is 0.154. The van der Waals surface area contributed by atoms with Crippen LogP contribution in [0.15, 0.2) is 90.6 Å². The molecule has 0 spiro atoms. The van der Waals surface area contributed by atoms with Gasteiger partial charge in [-0.05, 0) is 108 Å². The normalized spacial score (nSPS) is 18.3. The van der Waals surface area contributed by atoms with Gasteiger partial charge in [-0.15, -0.1) is 0 Å². The van der Waals surface area contributed by atoms with E-state index < -0.39 is 0 Å². The second kappa shape index (κ2) is 13.9. The maximum absolute atomic E-state index is 6.83. The smallest absolute Gasteiger partial charge is 0.137 e. The minimum absolute atomic E-state index is 0.0580. The Kier molecular flexibility index (Phi) is 9.69. The molecule has 1 unspecified atom stereocenters. The molecule has 0 aliphatic heterocycles. The van der Waals surface area contributed by atoms with Gasteiger partial charge in [0.15, 0.2) is 0 Å². The second-order valence-corrected chi connectivity index (χ2v) is 18.7. The van der Waals surface area contributed by atoms with Crippen molar-refractivity contribution >= 4 is 21.8 Å². The SMILES string of the molecule is Cc1nn(-c2cc(Oc3ccc4c5ccccc5n(-c5cc(C(C)C)ccn5)c4c3)cc(C(C)C)c2)c(C)c1[C@H]1C(C(C)(C)C)=C[C@H](C)CC1C(C)(C)C. The number of para-hydroxylation sites is 1. The van der Waals surface area contributed by atoms with E-state index in [0.29, 0.717) is 29.6 Å². The van der Waals surface area contributed by atoms with Crippen LogP contribution in [0.25, 0.3) is 33.3 Å². The van der Waals surface area contributed by atoms with Crippen LogP contribution in [0.3, 0.4) is 0 Å². The predicted octanol–water partition coefficient (Wildman–Crippen LogP) is 13.8. The minimum atomic E-state index is 0.0580. The summed E-state index contributed by atoms with van der Waals surface area (Å²) in [6.07, 6.45) is 5.68. The lowest BCUT2D eigenvalue weighted by Gasteiger charge is -2.46. The first-order chi connectivity index (χ1) is 25.4. The molecule has 6 aromatic rings. The fourth-order valence-electron chi connectivity index (χ4n) is 8.95. The number of hydrogen-bond acceptors (Lipinski definition) is 3. The number of allylic oxidation sites excluding steroid dienone is 2. The summed E-state index contributed by atoms with van der Waals surface area (Å²) >= 11 is 0. The fraction of sp³-hybridized carbons (Fsp3) is 0.429. The van der Waals surface area contributed by atoms with Gasteiger partial charge in [-0.3, -0.25) is 4.57 Å². The number of aromatic nitrogens is 4. The van der Waals surface area contributed by atoms with Crippen LogP contribution in [0.5, 0.6) is 11.5 Å². The van der Waals surface area contributed by atoms with Crippen LogP contribution >= 0.6 is 0 Å². The van der Waals surface area contributed by atoms with Gasteiger partial charge in [0.05, 0.1) is 22.4 Å². The molecular formula is C49H60N4O. The molecule has 3 aromatic heterocycles. The molecule has 282 valence electrons. The Balaban J connectivity index is 1.33. The monoisotopic (exact) mass is 720 g/mol. The third-order valence-electron chi connectivity index (χ3n) is 11.8. The standard InChI is InChI=1S/C49H60N4O/c1-29(2)34-20-21-50-45(26-34)52-43-17-15-14-16-39(43)40-19-18-37(28-44(40)52)54-38-25-35(30(3)4)24-36(27-38)53-33(7)46(32(6)51-53)47-41(48(8,9)10)22-31(5)23-42(47)49(11,12)13/h14-22,24-31,42,47H,23H2,1-13H3/t31-,42?,47-/m0/s1. The van der Waals surface area contributed by atoms with E-state index in [2.05, 4.69) is 178 Å². The lowest BCUT2D eigenvalue weighted by molar-refractivity contribution is 0.162. The van der Waals surface area contributed by atoms with E-state index in [-0.39, 0.29) is 10.8 Å². The summed E-state index contributed by atoms with van der Waals surface area (Å²) in [6, 6.07) is 26.0. The van der Waals surface area contributed by atoms with Crippen molar-refractivity contribution in [3.05, 3.63) is 119 Å². The zero-order chi connectivity index (χ0) is 38.9. The Labute approximate surface area is 323 Å². The van der Waals surface area contributed by atoms with Crippen molar-refractivity contribution in [2.24, 2.45) is 22.7 Å². The van der Waals surface area contributed by atoms with Crippen LogP contribution < -0.4 is 4.74 Å². The molecule has 0 saturated carbocycles. The Morgan fingerprint density at radius 1 is 0.759 bits per heavy atom. The van der Waals surface area contributed by atoms with Gasteiger partial charge < -0.3 is 4.74 Å². The van der Waals surface area contributed by atoms with Gasteiger partial charge in [-0.25, -0.2) is 9.67 Å². The molecule has 0 saturated heterocycles. The molecule has 0 bridgehead atoms. The highest BCUT2D eigenvalue weighted by Crippen LogP contribution is 2.54. The Bertz CT molecular complexity index is 2370. The Morgan fingerprint density at radius 3 is 2.15 bits per heavy atom. The summed E-state index contributed by atoms with van der Waals surface area (Å²) in [5.41, 5.74) is 11.2. The Hall–Kier alpha value is -4.64. The molecule has 0 N–H and O–H groups in total. The molecule has 1 aliphatic rings. The second-order valence-electron chi connectivity index (χ2n) is 18.7. The van der Waals surface area contributed by atoms with Gasteiger partial charge in [0, 0.05) is 46.3 Å². The van der Waals surface area contributed by atoms with E-state index in [1.807, 2.05) is 6.20 Å². The largest absolute Gasteiger partial charge is 0.457 e. The van der Waals surface area contributed by atoms with Crippen molar-refractivity contribution in [1.29, 1.82) is 0 Å². The highest BCUT2D eigenvalue weighted by atomic mass is 16.5. The molecule has 0 amide bonds. The molecule has 3 heterocycles. The summed E-state index contributed by atoms with van der Waals surface area (Å²) in [7, 11) is 0. The summed E-state index contributed by atoms with van der Waals surface area (Å²) in [4.78, 5) is 4.85. The van der Waals surface area contributed by atoms with E-state index in [0.717, 1.165) is 39.7 Å². The third-order valence-corrected chi connectivity index (χ3v) is 11.8. The van der Waals surface area contributed by atoms with Crippen molar-refractivity contribution < 1.29 is 4.74 Å². The number of ether oxygens (including phenoxy) is 1. The topological polar surface area (TPSA) is 44.9 Å². The number of rotatable bonds is 7. The van der Waals surface area contributed by atoms with E-state index in [1.165, 1.54) is 39.6 Å². The molecule has 5 heteroatoms. The zero-order valence-electron chi connectivity index (χ0n) is 34.9. The van der Waals surface area contributed by atoms with Crippen LogP contribution in [-0.4, -0.2) is 19.3 Å². The molecule has 54 heavy (non-hydrogen) atoms. The summed E-state index contributed by atoms with van der Waals surface area (Å²) < 4.78 is 11.3. The molecule has 7 rings (SSSR count). The minimum Gasteiger partial charge on any atom is -0.457 e. The lowest BCUT2D eigenvalue weighted by Crippen LogP contribution is -2.36. The van der Waals surface area contributed by atoms with Gasteiger partial charge >= 0.3 is 0 Å². The number of fused-ring (bicyclic) bond motifs is 3. The van der Waals surface area contributed by atoms with E-state index >= 15 is 0 Å². The maximum Gasteiger partial charge on any atom is 0.137 e. The first kappa shape index (κ1) is 37.7. The fourth-order valence-corrected chi connectivity index (χ4v) is 8.95. The highest BCUT2D eigenvalue weighted by molar-refractivity contribution is 6.09. The lowest BCUT2D eigenvalue weighted by atomic mass is 9.58. The molecule has 0 radical (unpaired) electrons. The van der Waals surface area contributed by atoms with Gasteiger partial charge in [-0.2, -0.15) is 5.10 Å². The van der Waals surface area contributed by atoms with E-state index in [1.54, 1.807) is 5.57 Å². The number of hydrogen-bond donors (Lipinski definition) is 0. The van der Waals surface area contributed by atoms with Crippen molar-refractivity contribution in [2.45, 2.75) is 114 Å². The van der Waals surface area contributed by atoms with E-state index in [4.69, 9.17) is 14.8 Å². The van der Waals surface area contributed by atoms with E-state index in [9.17, 15) is 0 Å². The molecular weight excluding hydrogens is 661 g/mol. The number of nitrogens with zero attached hydrogens (tertiary/aromatic N) is 4. The molecule has 3 atom stereocenters. The first-order valence-corrected chi connectivity index (χ1v) is 20.0. The first-order valence-electron chi connectivity index (χ1n) is 20.0. The third kappa shape index (κ3) is 6.91. The van der Waals surface area contributed by atoms with Crippen LogP contribution in [0.1, 0.15) is 128 Å². The van der Waals surface area contributed by atoms with Crippen LogP contribution in [0.4, 0.5) is 0 Å². The van der Waals surface area contributed by atoms with Crippen LogP contribution in [0.2, 0.25) is 0 Å². The van der Waals surface area contributed by atoms with Crippen molar-refractivity contribution in [2.75, 3.05) is 0 Å². The number of benzene rings is 3. The van der Waals surface area contributed by atoms with Gasteiger partial charge in [-0.1, -0.05) is 106 Å². The summed E-state index contributed by atoms with van der Waals surface area (Å²) in [5, 5.41) is 7.69. The van der Waals surface area contributed by atoms with Gasteiger partial charge in [0.1, 0.15) is 17.3 Å². The van der Waals surface area contributed by atoms with Gasteiger partial charge in [0.2, 0.25) is 0 Å². The van der Waals surface area contributed by atoms with Crippen LogP contribution in [-0.2, 0) is 0 Å². The molecule has 3 aromatic carbocycles. The molecule has 5 nitrogen and oxygen atoms in total. The zero-order valence-corrected chi connectivity index (χ0v) is 34.9. The summed E-state index contributed by atoms with van der Waals surface area (Å²) in [5.74, 6) is 4.61. The predicted molar refractivity (Wildman–Crippen MR) is 227 cm³/mol. The number of pyridine rings is 1. The average Bonchev–Trinajstić information content (AvgIpc) is 3.59. The summed E-state index contributed by atoms with van der Waals surface area (Å²) in [6.45, 7) is 30.2. The molecule has 0 fully saturated rings. The molecule has 1 aliphatic carbocycles. The van der Waals surface area contributed by atoms with Crippen molar-refractivity contribution in [3.8, 4) is 23.0 Å². The number of aryl methyl sites for hydroxylation is 1. The van der Waals surface area contributed by atoms with Gasteiger partial charge in [0.25, 0.3) is 0 Å². The maximum atomic E-state index is 6.83. The van der Waals surface area contributed by atoms with Crippen molar-refractivity contribution in [3.63, 3.8) is 0 Å².